The average molecular weight is 208 g/mol. The average Bonchev–Trinajstić information content (AvgIpc) is 2.73. The Morgan fingerprint density at radius 2 is 2.33 bits per heavy atom. The van der Waals surface area contributed by atoms with E-state index in [4.69, 9.17) is 5.73 Å². The van der Waals surface area contributed by atoms with Crippen LogP contribution in [-0.4, -0.2) is 20.8 Å². The number of nitrogens with zero attached hydrogens (tertiary/aromatic N) is 3. The minimum absolute atomic E-state index is 0.278. The van der Waals surface area contributed by atoms with Gasteiger partial charge in [0.05, 0.1) is 0 Å². The largest absolute Gasteiger partial charge is 0.327 e. The highest BCUT2D eigenvalue weighted by molar-refractivity contribution is 5.04. The first kappa shape index (κ1) is 10.6. The molecule has 2 atom stereocenters. The van der Waals surface area contributed by atoms with Crippen molar-refractivity contribution in [2.75, 3.05) is 0 Å². The zero-order valence-corrected chi connectivity index (χ0v) is 9.56. The summed E-state index contributed by atoms with van der Waals surface area (Å²) in [5, 5.41) is 8.25. The van der Waals surface area contributed by atoms with E-state index in [1.165, 1.54) is 6.42 Å². The third kappa shape index (κ3) is 2.20. The summed E-state index contributed by atoms with van der Waals surface area (Å²) in [7, 11) is 0. The molecule has 15 heavy (non-hydrogen) atoms. The zero-order valence-electron chi connectivity index (χ0n) is 9.56. The van der Waals surface area contributed by atoms with Gasteiger partial charge in [0.2, 0.25) is 0 Å². The Balaban J connectivity index is 2.16. The summed E-state index contributed by atoms with van der Waals surface area (Å²) in [6.07, 6.45) is 5.35. The van der Waals surface area contributed by atoms with Gasteiger partial charge in [-0.2, -0.15) is 0 Å². The molecule has 1 heterocycles. The SMILES string of the molecule is CC(C)Cn1cnnc1C1CCCC1N. The first-order valence-electron chi connectivity index (χ1n) is 5.81. The van der Waals surface area contributed by atoms with Gasteiger partial charge in [-0.15, -0.1) is 10.2 Å². The number of nitrogens with two attached hydrogens (primary N) is 1. The molecule has 0 amide bonds. The minimum Gasteiger partial charge on any atom is -0.327 e. The number of rotatable bonds is 3. The molecule has 2 N–H and O–H groups in total. The van der Waals surface area contributed by atoms with E-state index >= 15 is 0 Å². The van der Waals surface area contributed by atoms with Gasteiger partial charge in [-0.05, 0) is 18.8 Å². The van der Waals surface area contributed by atoms with E-state index in [0.717, 1.165) is 25.2 Å². The molecule has 4 nitrogen and oxygen atoms in total. The summed E-state index contributed by atoms with van der Waals surface area (Å²) in [4.78, 5) is 0. The van der Waals surface area contributed by atoms with E-state index in [9.17, 15) is 0 Å². The topological polar surface area (TPSA) is 56.7 Å². The molecule has 0 saturated heterocycles. The van der Waals surface area contributed by atoms with E-state index < -0.39 is 0 Å². The van der Waals surface area contributed by atoms with Crippen molar-refractivity contribution in [3.8, 4) is 0 Å². The quantitative estimate of drug-likeness (QED) is 0.819. The van der Waals surface area contributed by atoms with Gasteiger partial charge >= 0.3 is 0 Å². The lowest BCUT2D eigenvalue weighted by Gasteiger charge is -2.16. The van der Waals surface area contributed by atoms with Gasteiger partial charge in [0.25, 0.3) is 0 Å². The fourth-order valence-corrected chi connectivity index (χ4v) is 2.39. The van der Waals surface area contributed by atoms with Gasteiger partial charge < -0.3 is 10.3 Å². The molecule has 1 aromatic heterocycles. The first-order valence-corrected chi connectivity index (χ1v) is 5.81. The molecule has 1 saturated carbocycles. The number of hydrogen-bond acceptors (Lipinski definition) is 3. The Morgan fingerprint density at radius 3 is 2.93 bits per heavy atom. The van der Waals surface area contributed by atoms with Crippen LogP contribution in [0, 0.1) is 5.92 Å². The molecule has 2 rings (SSSR count). The highest BCUT2D eigenvalue weighted by Crippen LogP contribution is 2.32. The van der Waals surface area contributed by atoms with Crippen molar-refractivity contribution < 1.29 is 0 Å². The normalized spacial score (nSPS) is 26.4. The third-order valence-electron chi connectivity index (χ3n) is 3.11. The van der Waals surface area contributed by atoms with Crippen molar-refractivity contribution >= 4 is 0 Å². The zero-order chi connectivity index (χ0) is 10.8. The molecule has 0 bridgehead atoms. The van der Waals surface area contributed by atoms with Crippen LogP contribution in [0.5, 0.6) is 0 Å². The van der Waals surface area contributed by atoms with E-state index in [2.05, 4.69) is 28.6 Å². The summed E-state index contributed by atoms with van der Waals surface area (Å²) in [6, 6.07) is 0.278. The van der Waals surface area contributed by atoms with Crippen LogP contribution in [0.25, 0.3) is 0 Å². The van der Waals surface area contributed by atoms with E-state index in [-0.39, 0.29) is 6.04 Å². The second kappa shape index (κ2) is 4.31. The van der Waals surface area contributed by atoms with Crippen molar-refractivity contribution in [3.63, 3.8) is 0 Å². The summed E-state index contributed by atoms with van der Waals surface area (Å²) in [5.41, 5.74) is 6.09. The number of aromatic nitrogens is 3. The molecule has 0 spiro atoms. The minimum atomic E-state index is 0.278. The maximum atomic E-state index is 6.09. The summed E-state index contributed by atoms with van der Waals surface area (Å²) in [6.45, 7) is 5.41. The molecule has 1 aliphatic rings. The van der Waals surface area contributed by atoms with Gasteiger partial charge in [-0.3, -0.25) is 0 Å². The van der Waals surface area contributed by atoms with Crippen LogP contribution < -0.4 is 5.73 Å². The maximum Gasteiger partial charge on any atom is 0.137 e. The Kier molecular flexibility index (Phi) is 3.05. The molecule has 1 aliphatic carbocycles. The molecular weight excluding hydrogens is 188 g/mol. The smallest absolute Gasteiger partial charge is 0.137 e. The summed E-state index contributed by atoms with van der Waals surface area (Å²) < 4.78 is 2.17. The lowest BCUT2D eigenvalue weighted by molar-refractivity contribution is 0.474. The predicted molar refractivity (Wildman–Crippen MR) is 59.4 cm³/mol. The van der Waals surface area contributed by atoms with Gasteiger partial charge in [0.15, 0.2) is 0 Å². The van der Waals surface area contributed by atoms with Gasteiger partial charge in [0.1, 0.15) is 12.2 Å². The van der Waals surface area contributed by atoms with E-state index in [1.807, 2.05) is 6.33 Å². The Hall–Kier alpha value is -0.900. The lowest BCUT2D eigenvalue weighted by atomic mass is 10.0. The summed E-state index contributed by atoms with van der Waals surface area (Å²) in [5.74, 6) is 2.14. The highest BCUT2D eigenvalue weighted by atomic mass is 15.3. The fraction of sp³-hybridized carbons (Fsp3) is 0.818. The van der Waals surface area contributed by atoms with Crippen molar-refractivity contribution in [1.29, 1.82) is 0 Å². The third-order valence-corrected chi connectivity index (χ3v) is 3.11. The van der Waals surface area contributed by atoms with Crippen LogP contribution in [-0.2, 0) is 6.54 Å². The Labute approximate surface area is 90.9 Å². The van der Waals surface area contributed by atoms with Crippen molar-refractivity contribution in [2.24, 2.45) is 11.7 Å². The molecule has 0 aliphatic heterocycles. The van der Waals surface area contributed by atoms with Gasteiger partial charge in [-0.1, -0.05) is 20.3 Å². The monoisotopic (exact) mass is 208 g/mol. The van der Waals surface area contributed by atoms with Crippen LogP contribution in [0.3, 0.4) is 0 Å². The number of hydrogen-bond donors (Lipinski definition) is 1. The molecule has 4 heteroatoms. The Bertz CT molecular complexity index is 318. The van der Waals surface area contributed by atoms with Crippen LogP contribution in [0.1, 0.15) is 44.9 Å². The van der Waals surface area contributed by atoms with E-state index in [0.29, 0.717) is 11.8 Å². The molecule has 2 unspecified atom stereocenters. The first-order chi connectivity index (χ1) is 7.18. The van der Waals surface area contributed by atoms with Crippen molar-refractivity contribution in [3.05, 3.63) is 12.2 Å². The molecular formula is C11H20N4. The van der Waals surface area contributed by atoms with Gasteiger partial charge in [-0.25, -0.2) is 0 Å². The summed E-state index contributed by atoms with van der Waals surface area (Å²) >= 11 is 0. The Morgan fingerprint density at radius 1 is 1.53 bits per heavy atom. The van der Waals surface area contributed by atoms with Crippen LogP contribution in [0.2, 0.25) is 0 Å². The van der Waals surface area contributed by atoms with Crippen LogP contribution >= 0.6 is 0 Å². The molecule has 0 radical (unpaired) electrons. The fourth-order valence-electron chi connectivity index (χ4n) is 2.39. The molecule has 84 valence electrons. The molecule has 1 aromatic rings. The van der Waals surface area contributed by atoms with Gasteiger partial charge in [0, 0.05) is 18.5 Å². The standard InChI is InChI=1S/C11H20N4/c1-8(2)6-15-7-13-14-11(15)9-4-3-5-10(9)12/h7-10H,3-6,12H2,1-2H3. The lowest BCUT2D eigenvalue weighted by Crippen LogP contribution is -2.25. The van der Waals surface area contributed by atoms with Crippen LogP contribution in [0.15, 0.2) is 6.33 Å². The second-order valence-electron chi connectivity index (χ2n) is 4.94. The molecule has 1 fully saturated rings. The second-order valence-corrected chi connectivity index (χ2v) is 4.94. The molecule has 0 aromatic carbocycles. The highest BCUT2D eigenvalue weighted by Gasteiger charge is 2.29. The van der Waals surface area contributed by atoms with Crippen molar-refractivity contribution in [2.45, 2.75) is 51.6 Å². The van der Waals surface area contributed by atoms with Crippen molar-refractivity contribution in [1.82, 2.24) is 14.8 Å². The van der Waals surface area contributed by atoms with E-state index in [1.54, 1.807) is 0 Å². The maximum absolute atomic E-state index is 6.09. The predicted octanol–water partition coefficient (Wildman–Crippen LogP) is 1.53. The van der Waals surface area contributed by atoms with Crippen LogP contribution in [0.4, 0.5) is 0 Å².